The summed E-state index contributed by atoms with van der Waals surface area (Å²) in [7, 11) is 1.72. The van der Waals surface area contributed by atoms with Gasteiger partial charge in [-0.15, -0.1) is 0 Å². The molecule has 0 radical (unpaired) electrons. The summed E-state index contributed by atoms with van der Waals surface area (Å²) in [5.74, 6) is -3.01. The quantitative estimate of drug-likeness (QED) is 0.385. The average molecular weight is 427 g/mol. The topological polar surface area (TPSA) is 94.1 Å². The Hall–Kier alpha value is -1.81. The van der Waals surface area contributed by atoms with Crippen molar-refractivity contribution in [1.82, 2.24) is 5.32 Å². The summed E-state index contributed by atoms with van der Waals surface area (Å²) in [4.78, 5) is 20.7. The van der Waals surface area contributed by atoms with Crippen LogP contribution < -0.4 is 5.32 Å². The van der Waals surface area contributed by atoms with E-state index in [-0.39, 0.29) is 24.7 Å². The fraction of sp³-hybridized carbons (Fsp3) is 0.789. The molecule has 0 saturated carbocycles. The normalized spacial score (nSPS) is 17.5. The fourth-order valence-corrected chi connectivity index (χ4v) is 2.50. The lowest BCUT2D eigenvalue weighted by Gasteiger charge is -2.22. The van der Waals surface area contributed by atoms with E-state index >= 15 is 0 Å². The molecule has 0 aromatic rings. The zero-order chi connectivity index (χ0) is 22.3. The van der Waals surface area contributed by atoms with Crippen LogP contribution in [0.1, 0.15) is 51.9 Å². The first-order valence-corrected chi connectivity index (χ1v) is 9.61. The lowest BCUT2D eigenvalue weighted by molar-refractivity contribution is -0.192. The Labute approximate surface area is 169 Å². The maximum Gasteiger partial charge on any atom is 0.490 e. The number of esters is 1. The zero-order valence-electron chi connectivity index (χ0n) is 17.1. The molecule has 7 nitrogen and oxygen atoms in total. The van der Waals surface area contributed by atoms with Gasteiger partial charge in [0.25, 0.3) is 0 Å². The molecule has 29 heavy (non-hydrogen) atoms. The molecule has 1 rings (SSSR count). The standard InChI is InChI=1S/C17H31NO4.C2HF3O2/c1-4-5-6-8-15(20-3)11-14(2)18-12-17(19)22-16-9-7-10-21-13-16;3-2(4,5)1(6)7/h15-16,18H,2,4-13H2,1,3H3;(H,6,7)/t15-,16+;/m0./s1. The Bertz CT molecular complexity index is 493. The number of carbonyl (C=O) groups is 2. The molecule has 2 atom stereocenters. The Balaban J connectivity index is 0.000000956. The molecule has 0 spiro atoms. The fourth-order valence-electron chi connectivity index (χ4n) is 2.50. The molecule has 0 bridgehead atoms. The van der Waals surface area contributed by atoms with Crippen LogP contribution in [0.4, 0.5) is 13.2 Å². The number of nitrogens with one attached hydrogen (secondary N) is 1. The van der Waals surface area contributed by atoms with Gasteiger partial charge in [0.1, 0.15) is 12.6 Å². The number of rotatable bonds is 11. The molecule has 1 fully saturated rings. The molecule has 2 N–H and O–H groups in total. The zero-order valence-corrected chi connectivity index (χ0v) is 17.1. The number of unbranched alkanes of at least 4 members (excludes halogenated alkanes) is 2. The van der Waals surface area contributed by atoms with Crippen molar-refractivity contribution in [3.8, 4) is 0 Å². The molecular formula is C19H32F3NO6. The van der Waals surface area contributed by atoms with Gasteiger partial charge in [0.05, 0.1) is 12.7 Å². The van der Waals surface area contributed by atoms with Crippen LogP contribution >= 0.6 is 0 Å². The molecule has 1 saturated heterocycles. The highest BCUT2D eigenvalue weighted by molar-refractivity contribution is 5.73. The number of carbonyl (C=O) groups excluding carboxylic acids is 1. The van der Waals surface area contributed by atoms with Crippen LogP contribution in [0.2, 0.25) is 0 Å². The number of ether oxygens (including phenoxy) is 3. The molecule has 0 aromatic carbocycles. The van der Waals surface area contributed by atoms with Crippen molar-refractivity contribution in [3.05, 3.63) is 12.3 Å². The van der Waals surface area contributed by atoms with Gasteiger partial charge >= 0.3 is 18.1 Å². The van der Waals surface area contributed by atoms with E-state index in [4.69, 9.17) is 24.1 Å². The van der Waals surface area contributed by atoms with E-state index < -0.39 is 12.1 Å². The van der Waals surface area contributed by atoms with Gasteiger partial charge in [-0.3, -0.25) is 4.79 Å². The molecule has 0 aromatic heterocycles. The molecule has 0 amide bonds. The van der Waals surface area contributed by atoms with Crippen molar-refractivity contribution in [2.24, 2.45) is 0 Å². The minimum absolute atomic E-state index is 0.0999. The summed E-state index contributed by atoms with van der Waals surface area (Å²) in [6, 6.07) is 0. The second-order valence-electron chi connectivity index (χ2n) is 6.65. The molecular weight excluding hydrogens is 395 g/mol. The summed E-state index contributed by atoms with van der Waals surface area (Å²) >= 11 is 0. The summed E-state index contributed by atoms with van der Waals surface area (Å²) in [6.45, 7) is 7.58. The first kappa shape index (κ1) is 27.2. The van der Waals surface area contributed by atoms with Crippen molar-refractivity contribution in [3.63, 3.8) is 0 Å². The summed E-state index contributed by atoms with van der Waals surface area (Å²) in [6.07, 6.45) is 2.13. The molecule has 170 valence electrons. The smallest absolute Gasteiger partial charge is 0.475 e. The van der Waals surface area contributed by atoms with Gasteiger partial charge in [-0.1, -0.05) is 32.8 Å². The number of hydrogen-bond donors (Lipinski definition) is 2. The Morgan fingerprint density at radius 3 is 2.48 bits per heavy atom. The maximum absolute atomic E-state index is 11.8. The third-order valence-corrected chi connectivity index (χ3v) is 4.08. The summed E-state index contributed by atoms with van der Waals surface area (Å²) in [5, 5.41) is 10.2. The van der Waals surface area contributed by atoms with E-state index in [1.807, 2.05) is 0 Å². The third kappa shape index (κ3) is 14.8. The largest absolute Gasteiger partial charge is 0.490 e. The van der Waals surface area contributed by atoms with E-state index in [1.165, 1.54) is 12.8 Å². The molecule has 1 aliphatic heterocycles. The van der Waals surface area contributed by atoms with Crippen molar-refractivity contribution in [1.29, 1.82) is 0 Å². The average Bonchev–Trinajstić information content (AvgIpc) is 2.66. The van der Waals surface area contributed by atoms with Crippen LogP contribution in [0.15, 0.2) is 12.3 Å². The minimum Gasteiger partial charge on any atom is -0.475 e. The van der Waals surface area contributed by atoms with Crippen LogP contribution in [0.5, 0.6) is 0 Å². The van der Waals surface area contributed by atoms with E-state index in [1.54, 1.807) is 7.11 Å². The predicted octanol–water partition coefficient (Wildman–Crippen LogP) is 3.43. The second-order valence-corrected chi connectivity index (χ2v) is 6.65. The maximum atomic E-state index is 11.8. The first-order chi connectivity index (χ1) is 13.6. The lowest BCUT2D eigenvalue weighted by Crippen LogP contribution is -2.33. The molecule has 1 aliphatic rings. The van der Waals surface area contributed by atoms with Gasteiger partial charge < -0.3 is 24.6 Å². The van der Waals surface area contributed by atoms with Crippen LogP contribution in [0, 0.1) is 0 Å². The summed E-state index contributed by atoms with van der Waals surface area (Å²) in [5.41, 5.74) is 0.820. The summed E-state index contributed by atoms with van der Waals surface area (Å²) < 4.78 is 47.8. The van der Waals surface area contributed by atoms with E-state index in [2.05, 4.69) is 18.8 Å². The van der Waals surface area contributed by atoms with Gasteiger partial charge in [-0.05, 0) is 19.3 Å². The second kappa shape index (κ2) is 15.1. The lowest BCUT2D eigenvalue weighted by atomic mass is 10.1. The van der Waals surface area contributed by atoms with Gasteiger partial charge in [0, 0.05) is 25.8 Å². The Kier molecular flexibility index (Phi) is 14.1. The number of alkyl halides is 3. The van der Waals surface area contributed by atoms with Gasteiger partial charge in [-0.2, -0.15) is 13.2 Å². The highest BCUT2D eigenvalue weighted by Crippen LogP contribution is 2.14. The molecule has 0 aliphatic carbocycles. The van der Waals surface area contributed by atoms with Gasteiger partial charge in [-0.25, -0.2) is 4.79 Å². The number of hydrogen-bond acceptors (Lipinski definition) is 6. The Morgan fingerprint density at radius 1 is 1.34 bits per heavy atom. The Morgan fingerprint density at radius 2 is 2.00 bits per heavy atom. The van der Waals surface area contributed by atoms with Crippen molar-refractivity contribution in [2.75, 3.05) is 26.9 Å². The molecule has 10 heteroatoms. The number of methoxy groups -OCH3 is 1. The van der Waals surface area contributed by atoms with Crippen LogP contribution in [0.25, 0.3) is 0 Å². The predicted molar refractivity (Wildman–Crippen MR) is 100 cm³/mol. The minimum atomic E-state index is -5.08. The van der Waals surface area contributed by atoms with Crippen molar-refractivity contribution >= 4 is 11.9 Å². The van der Waals surface area contributed by atoms with Crippen LogP contribution in [-0.4, -0.2) is 62.3 Å². The van der Waals surface area contributed by atoms with Crippen LogP contribution in [-0.2, 0) is 23.8 Å². The van der Waals surface area contributed by atoms with Crippen molar-refractivity contribution in [2.45, 2.75) is 70.3 Å². The number of carboxylic acid groups (broad SMARTS) is 1. The number of aliphatic carboxylic acids is 1. The number of halogens is 3. The SMILES string of the molecule is C=C(C[C@H](CCCCC)OC)NCC(=O)O[C@@H]1CCCOC1.O=C(O)C(F)(F)F. The van der Waals surface area contributed by atoms with E-state index in [0.717, 1.165) is 44.4 Å². The van der Waals surface area contributed by atoms with E-state index in [9.17, 15) is 18.0 Å². The number of carboxylic acids is 1. The van der Waals surface area contributed by atoms with E-state index in [0.29, 0.717) is 6.61 Å². The van der Waals surface area contributed by atoms with Gasteiger partial charge in [0.15, 0.2) is 0 Å². The first-order valence-electron chi connectivity index (χ1n) is 9.61. The molecule has 0 unspecified atom stereocenters. The third-order valence-electron chi connectivity index (χ3n) is 4.08. The van der Waals surface area contributed by atoms with Gasteiger partial charge in [0.2, 0.25) is 0 Å². The highest BCUT2D eigenvalue weighted by atomic mass is 19.4. The highest BCUT2D eigenvalue weighted by Gasteiger charge is 2.38. The van der Waals surface area contributed by atoms with Crippen molar-refractivity contribution < 1.29 is 42.1 Å². The molecule has 1 heterocycles. The monoisotopic (exact) mass is 427 g/mol. The van der Waals surface area contributed by atoms with Crippen LogP contribution in [0.3, 0.4) is 0 Å².